The van der Waals surface area contributed by atoms with Gasteiger partial charge in [-0.15, -0.1) is 10.2 Å². The molecule has 1 aliphatic heterocycles. The number of aromatic nitrogens is 4. The van der Waals surface area contributed by atoms with Gasteiger partial charge in [-0.05, 0) is 25.5 Å². The van der Waals surface area contributed by atoms with E-state index in [2.05, 4.69) is 22.3 Å². The van der Waals surface area contributed by atoms with Crippen molar-refractivity contribution in [2.24, 2.45) is 0 Å². The first-order valence-corrected chi connectivity index (χ1v) is 9.92. The molecule has 2 aromatic heterocycles. The van der Waals surface area contributed by atoms with Gasteiger partial charge in [0.15, 0.2) is 5.69 Å². The number of carbonyl (C=O) groups is 1. The summed E-state index contributed by atoms with van der Waals surface area (Å²) in [7, 11) is 1.52. The highest BCUT2D eigenvalue weighted by molar-refractivity contribution is 5.92. The van der Waals surface area contributed by atoms with E-state index in [-0.39, 0.29) is 17.6 Å². The number of benzene rings is 1. The van der Waals surface area contributed by atoms with Gasteiger partial charge in [-0.25, -0.2) is 0 Å². The topological polar surface area (TPSA) is 82.4 Å². The van der Waals surface area contributed by atoms with Crippen LogP contribution in [-0.4, -0.2) is 57.7 Å². The molecule has 1 fully saturated rings. The van der Waals surface area contributed by atoms with Crippen LogP contribution in [0.4, 0.5) is 0 Å². The third-order valence-corrected chi connectivity index (χ3v) is 5.40. The highest BCUT2D eigenvalue weighted by Crippen LogP contribution is 2.31. The van der Waals surface area contributed by atoms with Gasteiger partial charge in [0.05, 0.1) is 38.6 Å². The van der Waals surface area contributed by atoms with Crippen LogP contribution in [-0.2, 0) is 11.3 Å². The molecule has 1 saturated heterocycles. The maximum atomic E-state index is 13.2. The predicted octanol–water partition coefficient (Wildman–Crippen LogP) is 2.56. The Bertz CT molecular complexity index is 1020. The quantitative estimate of drug-likeness (QED) is 0.647. The molecular weight excluding hydrogens is 382 g/mol. The molecular formula is C22H25N5O3. The zero-order valence-corrected chi connectivity index (χ0v) is 17.4. The molecule has 0 bridgehead atoms. The first kappa shape index (κ1) is 20.0. The second-order valence-electron chi connectivity index (χ2n) is 7.28. The van der Waals surface area contributed by atoms with E-state index in [4.69, 9.17) is 14.6 Å². The SMILES string of the molecule is COc1ccc(C(=O)N2CCOC[C@H]2c2c(C)nn(Cc3ccccc3)c2C)nn1. The molecule has 8 nitrogen and oxygen atoms in total. The second kappa shape index (κ2) is 8.62. The van der Waals surface area contributed by atoms with Crippen LogP contribution in [0.15, 0.2) is 42.5 Å². The van der Waals surface area contributed by atoms with Crippen LogP contribution in [0.5, 0.6) is 5.88 Å². The van der Waals surface area contributed by atoms with E-state index in [1.807, 2.05) is 41.6 Å². The number of rotatable bonds is 5. The first-order chi connectivity index (χ1) is 14.6. The fraction of sp³-hybridized carbons (Fsp3) is 0.364. The van der Waals surface area contributed by atoms with Crippen molar-refractivity contribution in [3.8, 4) is 5.88 Å². The number of morpholine rings is 1. The lowest BCUT2D eigenvalue weighted by molar-refractivity contribution is -0.00343. The predicted molar refractivity (Wildman–Crippen MR) is 110 cm³/mol. The van der Waals surface area contributed by atoms with Gasteiger partial charge in [-0.1, -0.05) is 30.3 Å². The molecule has 1 aliphatic rings. The van der Waals surface area contributed by atoms with Crippen LogP contribution in [0.2, 0.25) is 0 Å². The third kappa shape index (κ3) is 3.91. The standard InChI is InChI=1S/C22H25N5O3/c1-15-21(16(2)27(25-15)13-17-7-5-4-6-8-17)19-14-30-12-11-26(19)22(28)18-9-10-20(29-3)24-23-18/h4-10,19H,11-14H2,1-3H3/t19-/m0/s1. The Morgan fingerprint density at radius 1 is 1.17 bits per heavy atom. The van der Waals surface area contributed by atoms with Gasteiger partial charge in [0.1, 0.15) is 0 Å². The molecule has 0 aliphatic carbocycles. The van der Waals surface area contributed by atoms with Crippen molar-refractivity contribution >= 4 is 5.91 Å². The van der Waals surface area contributed by atoms with E-state index in [1.54, 1.807) is 12.1 Å². The molecule has 4 rings (SSSR count). The molecule has 0 radical (unpaired) electrons. The van der Waals surface area contributed by atoms with Gasteiger partial charge in [-0.3, -0.25) is 9.48 Å². The lowest BCUT2D eigenvalue weighted by Crippen LogP contribution is -2.44. The summed E-state index contributed by atoms with van der Waals surface area (Å²) in [5.41, 5.74) is 4.43. The van der Waals surface area contributed by atoms with Gasteiger partial charge in [0.2, 0.25) is 5.88 Å². The van der Waals surface area contributed by atoms with Crippen LogP contribution in [0.1, 0.15) is 39.0 Å². The fourth-order valence-electron chi connectivity index (χ4n) is 3.88. The molecule has 8 heteroatoms. The Morgan fingerprint density at radius 2 is 1.97 bits per heavy atom. The summed E-state index contributed by atoms with van der Waals surface area (Å²) in [6, 6.07) is 13.3. The minimum absolute atomic E-state index is 0.173. The van der Waals surface area contributed by atoms with E-state index in [9.17, 15) is 4.79 Å². The molecule has 30 heavy (non-hydrogen) atoms. The average Bonchev–Trinajstić information content (AvgIpc) is 3.06. The maximum absolute atomic E-state index is 13.2. The Hall–Kier alpha value is -3.26. The summed E-state index contributed by atoms with van der Waals surface area (Å²) in [6.45, 7) is 6.10. The molecule has 3 heterocycles. The van der Waals surface area contributed by atoms with Crippen LogP contribution in [0.25, 0.3) is 0 Å². The molecule has 0 spiro atoms. The summed E-state index contributed by atoms with van der Waals surface area (Å²) in [5.74, 6) is 0.201. The van der Waals surface area contributed by atoms with Crippen LogP contribution in [0.3, 0.4) is 0 Å². The molecule has 156 valence electrons. The Balaban J connectivity index is 1.63. The van der Waals surface area contributed by atoms with Crippen molar-refractivity contribution in [3.63, 3.8) is 0 Å². The monoisotopic (exact) mass is 407 g/mol. The number of hydrogen-bond acceptors (Lipinski definition) is 6. The fourth-order valence-corrected chi connectivity index (χ4v) is 3.88. The number of carbonyl (C=O) groups excluding carboxylic acids is 1. The number of amides is 1. The van der Waals surface area contributed by atoms with Gasteiger partial charge in [0.25, 0.3) is 5.91 Å². The van der Waals surface area contributed by atoms with Crippen molar-refractivity contribution in [1.29, 1.82) is 0 Å². The lowest BCUT2D eigenvalue weighted by Gasteiger charge is -2.35. The first-order valence-electron chi connectivity index (χ1n) is 9.92. The van der Waals surface area contributed by atoms with Crippen LogP contribution < -0.4 is 4.74 Å². The highest BCUT2D eigenvalue weighted by atomic mass is 16.5. The van der Waals surface area contributed by atoms with Crippen LogP contribution in [0, 0.1) is 13.8 Å². The molecule has 1 atom stereocenters. The summed E-state index contributed by atoms with van der Waals surface area (Å²) in [4.78, 5) is 15.0. The van der Waals surface area contributed by atoms with Gasteiger partial charge < -0.3 is 14.4 Å². The highest BCUT2D eigenvalue weighted by Gasteiger charge is 2.34. The molecule has 0 saturated carbocycles. The van der Waals surface area contributed by atoms with Crippen molar-refractivity contribution in [1.82, 2.24) is 24.9 Å². The number of hydrogen-bond donors (Lipinski definition) is 0. The summed E-state index contributed by atoms with van der Waals surface area (Å²) < 4.78 is 12.8. The van der Waals surface area contributed by atoms with E-state index in [0.29, 0.717) is 32.2 Å². The van der Waals surface area contributed by atoms with Crippen molar-refractivity contribution in [2.45, 2.75) is 26.4 Å². The van der Waals surface area contributed by atoms with Crippen LogP contribution >= 0.6 is 0 Å². The van der Waals surface area contributed by atoms with Crippen molar-refractivity contribution < 1.29 is 14.3 Å². The Labute approximate surface area is 175 Å². The van der Waals surface area contributed by atoms with E-state index >= 15 is 0 Å². The number of aryl methyl sites for hydroxylation is 1. The van der Waals surface area contributed by atoms with E-state index in [0.717, 1.165) is 17.0 Å². The lowest BCUT2D eigenvalue weighted by atomic mass is 10.0. The Morgan fingerprint density at radius 3 is 2.67 bits per heavy atom. The molecule has 0 N–H and O–H groups in total. The van der Waals surface area contributed by atoms with Crippen molar-refractivity contribution in [2.75, 3.05) is 26.9 Å². The Kier molecular flexibility index (Phi) is 5.76. The molecule has 3 aromatic rings. The van der Waals surface area contributed by atoms with Gasteiger partial charge in [-0.2, -0.15) is 5.10 Å². The number of nitrogens with zero attached hydrogens (tertiary/aromatic N) is 5. The molecule has 1 aromatic carbocycles. The average molecular weight is 407 g/mol. The van der Waals surface area contributed by atoms with Crippen molar-refractivity contribution in [3.05, 3.63) is 70.7 Å². The molecule has 0 unspecified atom stereocenters. The normalized spacial score (nSPS) is 16.5. The molecule has 1 amide bonds. The second-order valence-corrected chi connectivity index (χ2v) is 7.28. The minimum atomic E-state index is -0.223. The summed E-state index contributed by atoms with van der Waals surface area (Å²) in [6.07, 6.45) is 0. The maximum Gasteiger partial charge on any atom is 0.275 e. The zero-order chi connectivity index (χ0) is 21.1. The number of ether oxygens (including phenoxy) is 2. The smallest absolute Gasteiger partial charge is 0.275 e. The third-order valence-electron chi connectivity index (χ3n) is 5.40. The van der Waals surface area contributed by atoms with Gasteiger partial charge in [0, 0.05) is 23.9 Å². The number of methoxy groups -OCH3 is 1. The minimum Gasteiger partial charge on any atom is -0.480 e. The summed E-state index contributed by atoms with van der Waals surface area (Å²) in [5, 5.41) is 12.7. The summed E-state index contributed by atoms with van der Waals surface area (Å²) >= 11 is 0. The largest absolute Gasteiger partial charge is 0.480 e. The van der Waals surface area contributed by atoms with Gasteiger partial charge >= 0.3 is 0 Å². The van der Waals surface area contributed by atoms with E-state index < -0.39 is 0 Å². The van der Waals surface area contributed by atoms with E-state index in [1.165, 1.54) is 12.7 Å². The zero-order valence-electron chi connectivity index (χ0n) is 17.4.